The standard InChI is InChI=1S/C10H11ClFNO2/c1-15-10(14)6-13-5-7-8(11)3-2-4-9(7)12/h2-4,13H,5-6H2,1H3. The summed E-state index contributed by atoms with van der Waals surface area (Å²) < 4.78 is 17.6. The van der Waals surface area contributed by atoms with Gasteiger partial charge < -0.3 is 10.1 Å². The number of halogens is 2. The van der Waals surface area contributed by atoms with Gasteiger partial charge in [-0.25, -0.2) is 4.39 Å². The maximum Gasteiger partial charge on any atom is 0.319 e. The van der Waals surface area contributed by atoms with Crippen LogP contribution in [-0.4, -0.2) is 19.6 Å². The minimum atomic E-state index is -0.400. The van der Waals surface area contributed by atoms with Gasteiger partial charge in [-0.3, -0.25) is 4.79 Å². The molecule has 15 heavy (non-hydrogen) atoms. The van der Waals surface area contributed by atoms with E-state index in [4.69, 9.17) is 11.6 Å². The van der Waals surface area contributed by atoms with Crippen LogP contribution < -0.4 is 5.32 Å². The lowest BCUT2D eigenvalue weighted by Crippen LogP contribution is -2.23. The molecule has 0 spiro atoms. The summed E-state index contributed by atoms with van der Waals surface area (Å²) in [5.74, 6) is -0.790. The van der Waals surface area contributed by atoms with Gasteiger partial charge in [0.05, 0.1) is 13.7 Å². The Balaban J connectivity index is 2.54. The third-order valence-electron chi connectivity index (χ3n) is 1.86. The van der Waals surface area contributed by atoms with E-state index in [2.05, 4.69) is 10.1 Å². The molecule has 0 radical (unpaired) electrons. The number of benzene rings is 1. The summed E-state index contributed by atoms with van der Waals surface area (Å²) >= 11 is 5.78. The maximum absolute atomic E-state index is 13.2. The predicted octanol–water partition coefficient (Wildman–Crippen LogP) is 1.74. The van der Waals surface area contributed by atoms with E-state index in [0.717, 1.165) is 0 Å². The zero-order valence-corrected chi connectivity index (χ0v) is 8.97. The van der Waals surface area contributed by atoms with Crippen LogP contribution in [0.4, 0.5) is 4.39 Å². The zero-order valence-electron chi connectivity index (χ0n) is 8.22. The molecule has 5 heteroatoms. The normalized spacial score (nSPS) is 10.1. The Hall–Kier alpha value is -1.13. The van der Waals surface area contributed by atoms with Crippen molar-refractivity contribution in [2.75, 3.05) is 13.7 Å². The minimum Gasteiger partial charge on any atom is -0.468 e. The van der Waals surface area contributed by atoms with Crippen molar-refractivity contribution in [3.05, 3.63) is 34.6 Å². The van der Waals surface area contributed by atoms with E-state index in [1.807, 2.05) is 0 Å². The van der Waals surface area contributed by atoms with Crippen LogP contribution in [-0.2, 0) is 16.1 Å². The fourth-order valence-corrected chi connectivity index (χ4v) is 1.29. The predicted molar refractivity (Wildman–Crippen MR) is 55.1 cm³/mol. The molecule has 0 saturated carbocycles. The fraction of sp³-hybridized carbons (Fsp3) is 0.300. The van der Waals surface area contributed by atoms with E-state index in [1.165, 1.54) is 19.2 Å². The van der Waals surface area contributed by atoms with Crippen LogP contribution in [0.1, 0.15) is 5.56 Å². The van der Waals surface area contributed by atoms with Gasteiger partial charge in [0.1, 0.15) is 5.82 Å². The van der Waals surface area contributed by atoms with Crippen LogP contribution in [0, 0.1) is 5.82 Å². The van der Waals surface area contributed by atoms with E-state index >= 15 is 0 Å². The van der Waals surface area contributed by atoms with Crippen molar-refractivity contribution in [3.63, 3.8) is 0 Å². The van der Waals surface area contributed by atoms with Crippen molar-refractivity contribution in [1.29, 1.82) is 0 Å². The summed E-state index contributed by atoms with van der Waals surface area (Å²) in [6, 6.07) is 4.45. The minimum absolute atomic E-state index is 0.0289. The van der Waals surface area contributed by atoms with Crippen molar-refractivity contribution in [3.8, 4) is 0 Å². The van der Waals surface area contributed by atoms with Crippen molar-refractivity contribution < 1.29 is 13.9 Å². The molecule has 0 aliphatic heterocycles. The fourth-order valence-electron chi connectivity index (χ4n) is 1.06. The molecule has 0 aliphatic rings. The van der Waals surface area contributed by atoms with Crippen molar-refractivity contribution in [1.82, 2.24) is 5.32 Å². The third-order valence-corrected chi connectivity index (χ3v) is 2.21. The molecule has 82 valence electrons. The zero-order chi connectivity index (χ0) is 11.3. The largest absolute Gasteiger partial charge is 0.468 e. The summed E-state index contributed by atoms with van der Waals surface area (Å²) in [5, 5.41) is 3.08. The van der Waals surface area contributed by atoms with Gasteiger partial charge >= 0.3 is 5.97 Å². The number of ether oxygens (including phenoxy) is 1. The number of esters is 1. The molecule has 3 nitrogen and oxygen atoms in total. The molecule has 0 atom stereocenters. The number of hydrogen-bond donors (Lipinski definition) is 1. The molecule has 1 aromatic rings. The third kappa shape index (κ3) is 3.49. The highest BCUT2D eigenvalue weighted by Crippen LogP contribution is 2.18. The lowest BCUT2D eigenvalue weighted by Gasteiger charge is -2.06. The number of carbonyl (C=O) groups is 1. The Morgan fingerprint density at radius 1 is 1.60 bits per heavy atom. The smallest absolute Gasteiger partial charge is 0.319 e. The molecular weight excluding hydrogens is 221 g/mol. The van der Waals surface area contributed by atoms with E-state index in [-0.39, 0.29) is 18.9 Å². The summed E-state index contributed by atoms with van der Waals surface area (Å²) in [4.78, 5) is 10.8. The maximum atomic E-state index is 13.2. The molecule has 1 N–H and O–H groups in total. The average Bonchev–Trinajstić information content (AvgIpc) is 2.22. The van der Waals surface area contributed by atoms with Crippen LogP contribution >= 0.6 is 11.6 Å². The van der Waals surface area contributed by atoms with Gasteiger partial charge in [-0.05, 0) is 12.1 Å². The number of hydrogen-bond acceptors (Lipinski definition) is 3. The Kier molecular flexibility index (Phi) is 4.52. The first-order chi connectivity index (χ1) is 7.15. The van der Waals surface area contributed by atoms with Crippen molar-refractivity contribution in [2.24, 2.45) is 0 Å². The summed E-state index contributed by atoms with van der Waals surface area (Å²) in [6.45, 7) is 0.224. The van der Waals surface area contributed by atoms with Crippen molar-refractivity contribution in [2.45, 2.75) is 6.54 Å². The lowest BCUT2D eigenvalue weighted by atomic mass is 10.2. The molecule has 0 aromatic heterocycles. The van der Waals surface area contributed by atoms with Gasteiger partial charge in [0.15, 0.2) is 0 Å². The highest BCUT2D eigenvalue weighted by Gasteiger charge is 2.07. The topological polar surface area (TPSA) is 38.3 Å². The van der Waals surface area contributed by atoms with Crippen LogP contribution in [0.15, 0.2) is 18.2 Å². The first kappa shape index (κ1) is 11.9. The Morgan fingerprint density at radius 2 is 2.33 bits per heavy atom. The van der Waals surface area contributed by atoms with Gasteiger partial charge in [0, 0.05) is 17.1 Å². The van der Waals surface area contributed by atoms with Gasteiger partial charge in [0.2, 0.25) is 0 Å². The number of nitrogens with one attached hydrogen (secondary N) is 1. The SMILES string of the molecule is COC(=O)CNCc1c(F)cccc1Cl. The molecule has 0 aliphatic carbocycles. The average molecular weight is 232 g/mol. The van der Waals surface area contributed by atoms with Crippen LogP contribution in [0.25, 0.3) is 0 Å². The molecule has 0 fully saturated rings. The highest BCUT2D eigenvalue weighted by atomic mass is 35.5. The Bertz CT molecular complexity index is 337. The number of methoxy groups -OCH3 is 1. The first-order valence-corrected chi connectivity index (χ1v) is 4.73. The molecule has 1 rings (SSSR count). The molecular formula is C10H11ClFNO2. The Labute approximate surface area is 92.2 Å². The van der Waals surface area contributed by atoms with Gasteiger partial charge in [-0.15, -0.1) is 0 Å². The molecule has 0 heterocycles. The van der Waals surface area contributed by atoms with Crippen LogP contribution in [0.5, 0.6) is 0 Å². The molecule has 1 aromatic carbocycles. The second-order valence-corrected chi connectivity index (χ2v) is 3.29. The van der Waals surface area contributed by atoms with Crippen LogP contribution in [0.2, 0.25) is 5.02 Å². The molecule has 0 bridgehead atoms. The lowest BCUT2D eigenvalue weighted by molar-refractivity contribution is -0.139. The molecule has 0 unspecified atom stereocenters. The first-order valence-electron chi connectivity index (χ1n) is 4.35. The van der Waals surface area contributed by atoms with Crippen molar-refractivity contribution >= 4 is 17.6 Å². The highest BCUT2D eigenvalue weighted by molar-refractivity contribution is 6.31. The summed E-state index contributed by atoms with van der Waals surface area (Å²) in [6.07, 6.45) is 0. The number of carbonyl (C=O) groups excluding carboxylic acids is 1. The molecule has 0 amide bonds. The van der Waals surface area contributed by atoms with Crippen LogP contribution in [0.3, 0.4) is 0 Å². The van der Waals surface area contributed by atoms with Gasteiger partial charge in [0.25, 0.3) is 0 Å². The summed E-state index contributed by atoms with van der Waals surface area (Å²) in [5.41, 5.74) is 0.350. The second-order valence-electron chi connectivity index (χ2n) is 2.88. The van der Waals surface area contributed by atoms with Gasteiger partial charge in [-0.2, -0.15) is 0 Å². The number of rotatable bonds is 4. The van der Waals surface area contributed by atoms with E-state index in [1.54, 1.807) is 6.07 Å². The van der Waals surface area contributed by atoms with E-state index < -0.39 is 5.97 Å². The van der Waals surface area contributed by atoms with E-state index in [9.17, 15) is 9.18 Å². The monoisotopic (exact) mass is 231 g/mol. The Morgan fingerprint density at radius 3 is 2.93 bits per heavy atom. The molecule has 0 saturated heterocycles. The summed E-state index contributed by atoms with van der Waals surface area (Å²) in [7, 11) is 1.29. The quantitative estimate of drug-likeness (QED) is 0.803. The van der Waals surface area contributed by atoms with Gasteiger partial charge in [-0.1, -0.05) is 17.7 Å². The van der Waals surface area contributed by atoms with E-state index in [0.29, 0.717) is 10.6 Å². The second kappa shape index (κ2) is 5.68.